The highest BCUT2D eigenvalue weighted by Crippen LogP contribution is 2.40. The van der Waals surface area contributed by atoms with Gasteiger partial charge in [-0.15, -0.1) is 0 Å². The Labute approximate surface area is 105 Å². The van der Waals surface area contributed by atoms with E-state index < -0.39 is 9.84 Å². The van der Waals surface area contributed by atoms with Crippen LogP contribution >= 0.6 is 11.5 Å². The standard InChI is InChI=1S/C10H17N3O2S2/c1-6(2)5-12-10-8(9(11)13-16-10)17(14,15)7-3-4-7/h6-7,12H,3-5H2,1-2H3,(H2,11,13). The molecule has 1 aliphatic carbocycles. The first-order chi connectivity index (χ1) is 7.93. The number of rotatable bonds is 5. The van der Waals surface area contributed by atoms with Crippen molar-refractivity contribution in [2.75, 3.05) is 17.6 Å². The first kappa shape index (κ1) is 12.6. The minimum Gasteiger partial charge on any atom is -0.382 e. The summed E-state index contributed by atoms with van der Waals surface area (Å²) in [4.78, 5) is 0.214. The van der Waals surface area contributed by atoms with Gasteiger partial charge in [0.05, 0.1) is 5.25 Å². The molecule has 0 aliphatic heterocycles. The SMILES string of the molecule is CC(C)CNc1snc(N)c1S(=O)(=O)C1CC1. The molecule has 0 atom stereocenters. The molecule has 0 radical (unpaired) electrons. The largest absolute Gasteiger partial charge is 0.382 e. The number of nitrogens with two attached hydrogens (primary N) is 1. The molecule has 3 N–H and O–H groups in total. The van der Waals surface area contributed by atoms with Crippen molar-refractivity contribution < 1.29 is 8.42 Å². The molecule has 1 fully saturated rings. The fourth-order valence-corrected chi connectivity index (χ4v) is 4.42. The molecule has 1 aromatic rings. The Balaban J connectivity index is 2.29. The van der Waals surface area contributed by atoms with Crippen molar-refractivity contribution in [2.24, 2.45) is 5.92 Å². The van der Waals surface area contributed by atoms with E-state index in [4.69, 9.17) is 5.73 Å². The van der Waals surface area contributed by atoms with E-state index in [2.05, 4.69) is 23.5 Å². The zero-order valence-corrected chi connectivity index (χ0v) is 11.6. The molecule has 0 bridgehead atoms. The van der Waals surface area contributed by atoms with E-state index in [0.717, 1.165) is 30.9 Å². The summed E-state index contributed by atoms with van der Waals surface area (Å²) in [5.41, 5.74) is 5.68. The molecule has 7 heteroatoms. The minimum atomic E-state index is -3.27. The fraction of sp³-hybridized carbons (Fsp3) is 0.700. The number of sulfone groups is 1. The molecule has 0 unspecified atom stereocenters. The Hall–Kier alpha value is -0.820. The van der Waals surface area contributed by atoms with Crippen LogP contribution in [0.5, 0.6) is 0 Å². The van der Waals surface area contributed by atoms with Gasteiger partial charge < -0.3 is 11.1 Å². The number of hydrogen-bond acceptors (Lipinski definition) is 6. The number of anilines is 2. The predicted octanol–water partition coefficient (Wildman–Crippen LogP) is 1.73. The molecule has 96 valence electrons. The van der Waals surface area contributed by atoms with E-state index in [1.54, 1.807) is 0 Å². The van der Waals surface area contributed by atoms with E-state index in [0.29, 0.717) is 10.9 Å². The Bertz CT molecular complexity index is 504. The highest BCUT2D eigenvalue weighted by atomic mass is 32.2. The van der Waals surface area contributed by atoms with E-state index in [1.807, 2.05) is 0 Å². The van der Waals surface area contributed by atoms with Crippen LogP contribution < -0.4 is 11.1 Å². The third-order valence-electron chi connectivity index (χ3n) is 2.59. The second-order valence-electron chi connectivity index (χ2n) is 4.75. The number of aromatic nitrogens is 1. The number of nitrogens with zero attached hydrogens (tertiary/aromatic N) is 1. The quantitative estimate of drug-likeness (QED) is 0.854. The average Bonchev–Trinajstić information content (AvgIpc) is 3.00. The van der Waals surface area contributed by atoms with Gasteiger partial charge in [0.25, 0.3) is 0 Å². The van der Waals surface area contributed by atoms with Crippen molar-refractivity contribution in [3.05, 3.63) is 0 Å². The molecule has 0 amide bonds. The van der Waals surface area contributed by atoms with Crippen LogP contribution in [-0.4, -0.2) is 24.6 Å². The Morgan fingerprint density at radius 1 is 1.53 bits per heavy atom. The van der Waals surface area contributed by atoms with E-state index in [-0.39, 0.29) is 16.0 Å². The summed E-state index contributed by atoms with van der Waals surface area (Å²) in [6.45, 7) is 4.84. The second kappa shape index (κ2) is 4.45. The topological polar surface area (TPSA) is 85.1 Å². The van der Waals surface area contributed by atoms with Gasteiger partial charge in [-0.1, -0.05) is 13.8 Å². The van der Waals surface area contributed by atoms with Crippen molar-refractivity contribution in [3.8, 4) is 0 Å². The van der Waals surface area contributed by atoms with Gasteiger partial charge in [-0.2, -0.15) is 4.37 Å². The summed E-state index contributed by atoms with van der Waals surface area (Å²) in [5, 5.41) is 3.46. The summed E-state index contributed by atoms with van der Waals surface area (Å²) in [7, 11) is -3.27. The van der Waals surface area contributed by atoms with Crippen molar-refractivity contribution in [2.45, 2.75) is 36.8 Å². The molecule has 2 rings (SSSR count). The van der Waals surface area contributed by atoms with Gasteiger partial charge >= 0.3 is 0 Å². The lowest BCUT2D eigenvalue weighted by atomic mass is 10.2. The average molecular weight is 275 g/mol. The van der Waals surface area contributed by atoms with E-state index in [9.17, 15) is 8.42 Å². The Morgan fingerprint density at radius 2 is 2.18 bits per heavy atom. The molecule has 0 aromatic carbocycles. The van der Waals surface area contributed by atoms with Crippen LogP contribution in [0.25, 0.3) is 0 Å². The van der Waals surface area contributed by atoms with Crippen LogP contribution in [0.1, 0.15) is 26.7 Å². The highest BCUT2D eigenvalue weighted by molar-refractivity contribution is 7.92. The Kier molecular flexibility index (Phi) is 3.31. The number of nitrogen functional groups attached to an aromatic ring is 1. The summed E-state index contributed by atoms with van der Waals surface area (Å²) >= 11 is 1.12. The van der Waals surface area contributed by atoms with Crippen molar-refractivity contribution in [1.29, 1.82) is 0 Å². The first-order valence-corrected chi connectivity index (χ1v) is 7.97. The molecule has 0 saturated heterocycles. The third kappa shape index (κ3) is 2.55. The molecule has 17 heavy (non-hydrogen) atoms. The van der Waals surface area contributed by atoms with Gasteiger partial charge in [0, 0.05) is 6.54 Å². The van der Waals surface area contributed by atoms with Crippen molar-refractivity contribution in [1.82, 2.24) is 4.37 Å². The van der Waals surface area contributed by atoms with Crippen molar-refractivity contribution in [3.63, 3.8) is 0 Å². The third-order valence-corrected chi connectivity index (χ3v) is 5.87. The van der Waals surface area contributed by atoms with Gasteiger partial charge in [-0.25, -0.2) is 8.42 Å². The summed E-state index contributed by atoms with van der Waals surface area (Å²) < 4.78 is 28.3. The molecular formula is C10H17N3O2S2. The van der Waals surface area contributed by atoms with E-state index >= 15 is 0 Å². The molecule has 5 nitrogen and oxygen atoms in total. The Morgan fingerprint density at radius 3 is 2.71 bits per heavy atom. The van der Waals surface area contributed by atoms with Gasteiger partial charge in [-0.05, 0) is 30.3 Å². The molecule has 1 aliphatic rings. The maximum absolute atomic E-state index is 12.2. The normalized spacial score (nSPS) is 16.4. The van der Waals surface area contributed by atoms with Crippen LogP contribution in [0.15, 0.2) is 4.90 Å². The zero-order valence-electron chi connectivity index (χ0n) is 9.93. The lowest BCUT2D eigenvalue weighted by molar-refractivity contribution is 0.595. The lowest BCUT2D eigenvalue weighted by Crippen LogP contribution is -2.13. The van der Waals surface area contributed by atoms with Gasteiger partial charge in [0.15, 0.2) is 15.7 Å². The zero-order chi connectivity index (χ0) is 12.6. The molecule has 0 spiro atoms. The number of nitrogens with one attached hydrogen (secondary N) is 1. The summed E-state index contributed by atoms with van der Waals surface area (Å²) in [5.74, 6) is 0.572. The van der Waals surface area contributed by atoms with Crippen LogP contribution in [0.3, 0.4) is 0 Å². The summed E-state index contributed by atoms with van der Waals surface area (Å²) in [6, 6.07) is 0. The van der Waals surface area contributed by atoms with Crippen LogP contribution in [-0.2, 0) is 9.84 Å². The molecule has 1 saturated carbocycles. The van der Waals surface area contributed by atoms with Crippen LogP contribution in [0.2, 0.25) is 0 Å². The molecular weight excluding hydrogens is 258 g/mol. The van der Waals surface area contributed by atoms with Gasteiger partial charge in [0.1, 0.15) is 9.90 Å². The monoisotopic (exact) mass is 275 g/mol. The van der Waals surface area contributed by atoms with Crippen LogP contribution in [0.4, 0.5) is 10.8 Å². The van der Waals surface area contributed by atoms with Crippen molar-refractivity contribution >= 4 is 32.2 Å². The first-order valence-electron chi connectivity index (χ1n) is 5.66. The number of hydrogen-bond donors (Lipinski definition) is 2. The predicted molar refractivity (Wildman–Crippen MR) is 70.1 cm³/mol. The molecule has 1 aromatic heterocycles. The van der Waals surface area contributed by atoms with E-state index in [1.165, 1.54) is 0 Å². The summed E-state index contributed by atoms with van der Waals surface area (Å²) in [6.07, 6.45) is 1.47. The fourth-order valence-electron chi connectivity index (χ4n) is 1.52. The van der Waals surface area contributed by atoms with Gasteiger partial charge in [-0.3, -0.25) is 0 Å². The maximum Gasteiger partial charge on any atom is 0.187 e. The molecule has 1 heterocycles. The highest BCUT2D eigenvalue weighted by Gasteiger charge is 2.40. The second-order valence-corrected chi connectivity index (χ2v) is 7.68. The smallest absolute Gasteiger partial charge is 0.187 e. The lowest BCUT2D eigenvalue weighted by Gasteiger charge is -2.09. The maximum atomic E-state index is 12.2. The van der Waals surface area contributed by atoms with Crippen LogP contribution in [0, 0.1) is 5.92 Å². The van der Waals surface area contributed by atoms with Gasteiger partial charge in [0.2, 0.25) is 0 Å². The minimum absolute atomic E-state index is 0.133.